The molecule has 0 radical (unpaired) electrons. The van der Waals surface area contributed by atoms with Crippen LogP contribution in [0.3, 0.4) is 0 Å². The highest BCUT2D eigenvalue weighted by Gasteiger charge is 2.54. The van der Waals surface area contributed by atoms with E-state index in [1.807, 2.05) is 30.3 Å². The van der Waals surface area contributed by atoms with Gasteiger partial charge in [-0.3, -0.25) is 19.3 Å². The van der Waals surface area contributed by atoms with Crippen molar-refractivity contribution >= 4 is 75.3 Å². The predicted molar refractivity (Wildman–Crippen MR) is 212 cm³/mol. The van der Waals surface area contributed by atoms with Gasteiger partial charge in [0.2, 0.25) is 5.91 Å². The molecule has 4 amide bonds. The first-order valence-electron chi connectivity index (χ1n) is 17.2. The number of alkyl carbamates (subject to hydrolysis) is 1. The molecule has 1 fully saturated rings. The second kappa shape index (κ2) is 19.0. The summed E-state index contributed by atoms with van der Waals surface area (Å²) in [6.07, 6.45) is 2.74. The summed E-state index contributed by atoms with van der Waals surface area (Å²) in [5, 5.41) is 12.8. The van der Waals surface area contributed by atoms with Gasteiger partial charge in [0.25, 0.3) is 11.8 Å². The van der Waals surface area contributed by atoms with Crippen LogP contribution in [-0.4, -0.2) is 94.3 Å². The van der Waals surface area contributed by atoms with Gasteiger partial charge in [-0.15, -0.1) is 34.7 Å². The van der Waals surface area contributed by atoms with Crippen molar-refractivity contribution < 1.29 is 43.0 Å². The van der Waals surface area contributed by atoms with Crippen LogP contribution in [0.5, 0.6) is 5.75 Å². The molecule has 0 spiro atoms. The summed E-state index contributed by atoms with van der Waals surface area (Å²) in [6, 6.07) is 14.1. The highest BCUT2D eigenvalue weighted by Crippen LogP contribution is 2.41. The summed E-state index contributed by atoms with van der Waals surface area (Å²) in [5.41, 5.74) is 1.15. The number of ether oxygens (including phenoxy) is 3. The summed E-state index contributed by atoms with van der Waals surface area (Å²) < 4.78 is 16.2. The van der Waals surface area contributed by atoms with Gasteiger partial charge < -0.3 is 35.0 Å². The zero-order valence-corrected chi connectivity index (χ0v) is 33.6. The molecule has 2 aliphatic rings. The number of thiazole rings is 1. The van der Waals surface area contributed by atoms with Gasteiger partial charge in [0.15, 0.2) is 10.8 Å². The number of aromatic nitrogens is 1. The number of methoxy groups -OCH3 is 1. The van der Waals surface area contributed by atoms with Gasteiger partial charge in [-0.2, -0.15) is 0 Å². The van der Waals surface area contributed by atoms with Crippen molar-refractivity contribution in [1.82, 2.24) is 20.5 Å². The Morgan fingerprint density at radius 3 is 2.46 bits per heavy atom. The Labute approximate surface area is 336 Å². The van der Waals surface area contributed by atoms with E-state index in [4.69, 9.17) is 30.6 Å². The summed E-state index contributed by atoms with van der Waals surface area (Å²) in [5.74, 6) is -1.40. The van der Waals surface area contributed by atoms with Crippen LogP contribution in [-0.2, 0) is 46.5 Å². The van der Waals surface area contributed by atoms with Gasteiger partial charge in [-0.05, 0) is 49.6 Å². The molecule has 2 aromatic carbocycles. The van der Waals surface area contributed by atoms with Crippen molar-refractivity contribution in [2.24, 2.45) is 5.16 Å². The van der Waals surface area contributed by atoms with E-state index in [1.54, 1.807) is 64.3 Å². The first-order valence-corrected chi connectivity index (χ1v) is 19.7. The number of amides is 4. The number of allylic oxidation sites excluding steroid dienone is 2. The normalized spacial score (nSPS) is 17.4. The molecule has 5 rings (SSSR count). The maximum atomic E-state index is 13.6. The lowest BCUT2D eigenvalue weighted by molar-refractivity contribution is -0.153. The number of β-lactam (4-membered cyclic amide) rings is 1. The lowest BCUT2D eigenvalue weighted by Crippen LogP contribution is -2.71. The van der Waals surface area contributed by atoms with E-state index < -0.39 is 52.8 Å². The number of thioether (sulfide) groups is 1. The molecule has 3 heterocycles. The molecule has 1 aromatic heterocycles. The third-order valence-electron chi connectivity index (χ3n) is 8.08. The number of carbonyl (C=O) groups is 5. The van der Waals surface area contributed by atoms with Gasteiger partial charge in [0, 0.05) is 23.4 Å². The van der Waals surface area contributed by atoms with E-state index in [-0.39, 0.29) is 41.1 Å². The smallest absolute Gasteiger partial charge is 0.408 e. The van der Waals surface area contributed by atoms with Crippen LogP contribution in [0, 0.1) is 0 Å². The fourth-order valence-electron chi connectivity index (χ4n) is 5.53. The Morgan fingerprint density at radius 1 is 1.07 bits per heavy atom. The summed E-state index contributed by atoms with van der Waals surface area (Å²) in [6.45, 7) is 5.10. The fourth-order valence-corrected chi connectivity index (χ4v) is 7.64. The Bertz CT molecular complexity index is 2010. The number of rotatable bonds is 15. The van der Waals surface area contributed by atoms with E-state index in [1.165, 1.54) is 29.2 Å². The maximum absolute atomic E-state index is 13.6. The zero-order chi connectivity index (χ0) is 40.4. The van der Waals surface area contributed by atoms with Crippen LogP contribution in [0.1, 0.15) is 37.6 Å². The molecular weight excluding hydrogens is 784 g/mol. The number of nitrogens with zero attached hydrogens (tertiary/aromatic N) is 3. The average Bonchev–Trinajstić information content (AvgIpc) is 3.64. The third kappa shape index (κ3) is 10.7. The SMILES string of the molecule is CO/N=C(/C(=O)NC1C(=O)N2C(C(=O)OCc3ccc(OC)cc3)=C(/C=C\CCl)CSC12)c1csc(NC(=O)[C@H](Cc2ccccc2)NC(=O)OC(C)(C)C)n1. The van der Waals surface area contributed by atoms with E-state index in [0.717, 1.165) is 22.5 Å². The molecule has 2 unspecified atom stereocenters. The number of fused-ring (bicyclic) bond motifs is 1. The van der Waals surface area contributed by atoms with Crippen molar-refractivity contribution in [2.45, 2.75) is 56.9 Å². The number of esters is 1. The van der Waals surface area contributed by atoms with E-state index >= 15 is 0 Å². The van der Waals surface area contributed by atoms with Gasteiger partial charge >= 0.3 is 12.1 Å². The monoisotopic (exact) mass is 824 g/mol. The topological polar surface area (TPSA) is 187 Å². The van der Waals surface area contributed by atoms with Crippen LogP contribution in [0.2, 0.25) is 0 Å². The van der Waals surface area contributed by atoms with Crippen LogP contribution < -0.4 is 20.7 Å². The number of hydrogen-bond donors (Lipinski definition) is 3. The second-order valence-electron chi connectivity index (χ2n) is 13.3. The number of oxime groups is 1. The van der Waals surface area contributed by atoms with Gasteiger partial charge in [-0.25, -0.2) is 14.6 Å². The Balaban J connectivity index is 1.27. The number of alkyl halides is 1. The van der Waals surface area contributed by atoms with Crippen molar-refractivity contribution in [2.75, 3.05) is 31.2 Å². The molecule has 0 aliphatic carbocycles. The standard InChI is InChI=1S/C38H41ClN6O9S2/c1-38(2,3)54-37(50)41-26(18-22-10-7-6-8-11-22)31(46)43-36-40-27(21-56-36)28(44-52-5)32(47)42-29-33(48)45-30(24(12-9-17-39)20-55-34(29)45)35(49)53-19-23-13-15-25(51-4)16-14-23/h6-16,21,26,29,34H,17-20H2,1-5H3,(H,41,50)(H,42,47)(H,40,43,46)/b12-9-,44-28+/t26-,29?,34?/m0/s1. The molecule has 0 bridgehead atoms. The van der Waals surface area contributed by atoms with Gasteiger partial charge in [0.05, 0.1) is 7.11 Å². The minimum Gasteiger partial charge on any atom is -0.497 e. The molecule has 18 heteroatoms. The van der Waals surface area contributed by atoms with Crippen molar-refractivity contribution in [1.29, 1.82) is 0 Å². The van der Waals surface area contributed by atoms with Gasteiger partial charge in [-0.1, -0.05) is 59.8 Å². The van der Waals surface area contributed by atoms with Crippen LogP contribution in [0.15, 0.2) is 88.6 Å². The molecular formula is C38H41ClN6O9S2. The first-order chi connectivity index (χ1) is 26.8. The molecule has 2 aliphatic heterocycles. The van der Waals surface area contributed by atoms with Crippen molar-refractivity contribution in [3.8, 4) is 5.75 Å². The molecule has 3 aromatic rings. The van der Waals surface area contributed by atoms with Crippen molar-refractivity contribution in [3.63, 3.8) is 0 Å². The minimum absolute atomic E-state index is 0.0420. The Morgan fingerprint density at radius 2 is 1.80 bits per heavy atom. The van der Waals surface area contributed by atoms with E-state index in [0.29, 0.717) is 17.1 Å². The quantitative estimate of drug-likeness (QED) is 0.0631. The lowest BCUT2D eigenvalue weighted by atomic mass is 10.0. The summed E-state index contributed by atoms with van der Waals surface area (Å²) in [4.78, 5) is 77.5. The van der Waals surface area contributed by atoms with Crippen LogP contribution in [0.25, 0.3) is 0 Å². The third-order valence-corrected chi connectivity index (χ3v) is 10.3. The Kier molecular flexibility index (Phi) is 14.1. The molecule has 1 saturated heterocycles. The number of carbonyl (C=O) groups excluding carboxylic acids is 5. The predicted octanol–water partition coefficient (Wildman–Crippen LogP) is 4.77. The highest BCUT2D eigenvalue weighted by atomic mass is 35.5. The average molecular weight is 825 g/mol. The number of benzene rings is 2. The number of hydrogen-bond acceptors (Lipinski definition) is 13. The summed E-state index contributed by atoms with van der Waals surface area (Å²) in [7, 11) is 2.80. The minimum atomic E-state index is -1.03. The van der Waals surface area contributed by atoms with Crippen LogP contribution >= 0.6 is 34.7 Å². The highest BCUT2D eigenvalue weighted by molar-refractivity contribution is 8.00. The molecule has 56 heavy (non-hydrogen) atoms. The summed E-state index contributed by atoms with van der Waals surface area (Å²) >= 11 is 8.24. The van der Waals surface area contributed by atoms with E-state index in [2.05, 4.69) is 26.1 Å². The Hall–Kier alpha value is -5.39. The lowest BCUT2D eigenvalue weighted by Gasteiger charge is -2.49. The van der Waals surface area contributed by atoms with Crippen molar-refractivity contribution in [3.05, 3.63) is 100 Å². The number of anilines is 1. The largest absolute Gasteiger partial charge is 0.497 e. The second-order valence-corrected chi connectivity index (χ2v) is 15.5. The van der Waals surface area contributed by atoms with Gasteiger partial charge in [0.1, 0.15) is 53.9 Å². The molecule has 15 nitrogen and oxygen atoms in total. The molecule has 3 atom stereocenters. The molecule has 296 valence electrons. The maximum Gasteiger partial charge on any atom is 0.408 e. The fraction of sp³-hybridized carbons (Fsp3) is 0.342. The molecule has 3 N–H and O–H groups in total. The van der Waals surface area contributed by atoms with E-state index in [9.17, 15) is 24.0 Å². The van der Waals surface area contributed by atoms with Crippen LogP contribution in [0.4, 0.5) is 9.93 Å². The first kappa shape index (κ1) is 41.8. The molecule has 0 saturated carbocycles. The number of halogens is 1. The number of nitrogens with one attached hydrogen (secondary N) is 3. The zero-order valence-electron chi connectivity index (χ0n) is 31.2.